The van der Waals surface area contributed by atoms with Crippen molar-refractivity contribution in [2.45, 2.75) is 19.6 Å². The fraction of sp³-hybridized carbons (Fsp3) is 0.500. The summed E-state index contributed by atoms with van der Waals surface area (Å²) >= 11 is 0. The second kappa shape index (κ2) is 8.20. The van der Waals surface area contributed by atoms with Crippen LogP contribution in [0.5, 0.6) is 0 Å². The molecule has 0 aliphatic carbocycles. The topological polar surface area (TPSA) is 100 Å². The lowest BCUT2D eigenvalue weighted by Gasteiger charge is -2.14. The van der Waals surface area contributed by atoms with Gasteiger partial charge in [-0.05, 0) is 19.6 Å². The minimum atomic E-state index is -2.11. The SMILES string of the molecule is COC(=O)/C=C(C(=O)OC)/C(=N\O[Si](C)(C)C)C(=O)OC. The molecule has 0 radical (unpaired) electrons. The molecular weight excluding hydrogens is 298 g/mol. The van der Waals surface area contributed by atoms with Crippen LogP contribution < -0.4 is 0 Å². The molecule has 0 saturated heterocycles. The summed E-state index contributed by atoms with van der Waals surface area (Å²) in [7, 11) is 1.23. The number of hydrogen-bond acceptors (Lipinski definition) is 8. The number of ether oxygens (including phenoxy) is 3. The molecule has 0 amide bonds. The fourth-order valence-corrected chi connectivity index (χ4v) is 1.35. The van der Waals surface area contributed by atoms with Crippen molar-refractivity contribution < 1.29 is 33.1 Å². The molecule has 0 unspecified atom stereocenters. The second-order valence-electron chi connectivity index (χ2n) is 4.71. The number of carbonyl (C=O) groups is 3. The normalized spacial score (nSPS) is 12.5. The Morgan fingerprint density at radius 2 is 1.43 bits per heavy atom. The van der Waals surface area contributed by atoms with Crippen LogP contribution in [0.2, 0.25) is 19.6 Å². The Balaban J connectivity index is 5.81. The average Bonchev–Trinajstić information content (AvgIpc) is 2.43. The third-order valence-electron chi connectivity index (χ3n) is 1.91. The zero-order valence-corrected chi connectivity index (χ0v) is 13.9. The third-order valence-corrected chi connectivity index (χ3v) is 2.55. The molecule has 0 aromatic heterocycles. The Bertz CT molecular complexity index is 476. The van der Waals surface area contributed by atoms with Gasteiger partial charge in [-0.2, -0.15) is 0 Å². The van der Waals surface area contributed by atoms with Gasteiger partial charge in [-0.25, -0.2) is 14.4 Å². The Morgan fingerprint density at radius 1 is 0.905 bits per heavy atom. The van der Waals surface area contributed by atoms with E-state index in [0.717, 1.165) is 27.4 Å². The highest BCUT2D eigenvalue weighted by Crippen LogP contribution is 2.09. The standard InChI is InChI=1S/C12H19NO7Si/c1-17-9(14)7-8(11(15)18-2)10(12(16)19-3)13-20-21(4,5)6/h7H,1-6H3/b8-7-,13-10+. The molecule has 0 aliphatic rings. The van der Waals surface area contributed by atoms with Crippen molar-refractivity contribution in [2.24, 2.45) is 5.16 Å². The van der Waals surface area contributed by atoms with Gasteiger partial charge in [0, 0.05) is 6.08 Å². The molecule has 0 aromatic carbocycles. The van der Waals surface area contributed by atoms with E-state index in [2.05, 4.69) is 19.4 Å². The summed E-state index contributed by atoms with van der Waals surface area (Å²) in [4.78, 5) is 34.8. The molecule has 0 bridgehead atoms. The first-order valence-corrected chi connectivity index (χ1v) is 9.30. The molecule has 0 saturated carbocycles. The Kier molecular flexibility index (Phi) is 7.35. The monoisotopic (exact) mass is 317 g/mol. The van der Waals surface area contributed by atoms with Crippen molar-refractivity contribution in [1.29, 1.82) is 0 Å². The second-order valence-corrected chi connectivity index (χ2v) is 9.12. The van der Waals surface area contributed by atoms with E-state index in [1.54, 1.807) is 0 Å². The highest BCUT2D eigenvalue weighted by molar-refractivity contribution is 6.69. The van der Waals surface area contributed by atoms with Crippen LogP contribution >= 0.6 is 0 Å². The van der Waals surface area contributed by atoms with Gasteiger partial charge in [-0.3, -0.25) is 0 Å². The minimum Gasteiger partial charge on any atom is -0.466 e. The predicted molar refractivity (Wildman–Crippen MR) is 76.0 cm³/mol. The number of methoxy groups -OCH3 is 3. The molecule has 0 rings (SSSR count). The number of nitrogens with zero attached hydrogens (tertiary/aromatic N) is 1. The van der Waals surface area contributed by atoms with Gasteiger partial charge in [0.25, 0.3) is 8.32 Å². The van der Waals surface area contributed by atoms with E-state index >= 15 is 0 Å². The van der Waals surface area contributed by atoms with Gasteiger partial charge in [-0.15, -0.1) is 0 Å². The summed E-state index contributed by atoms with van der Waals surface area (Å²) < 4.78 is 18.7. The van der Waals surface area contributed by atoms with Gasteiger partial charge >= 0.3 is 17.9 Å². The van der Waals surface area contributed by atoms with Gasteiger partial charge in [0.15, 0.2) is 0 Å². The molecular formula is C12H19NO7Si. The molecule has 0 spiro atoms. The fourth-order valence-electron chi connectivity index (χ4n) is 0.986. The van der Waals surface area contributed by atoms with Crippen molar-refractivity contribution in [3.63, 3.8) is 0 Å². The molecule has 0 fully saturated rings. The summed E-state index contributed by atoms with van der Waals surface area (Å²) in [6.45, 7) is 5.48. The number of hydrogen-bond donors (Lipinski definition) is 0. The number of oxime groups is 1. The number of esters is 3. The molecule has 118 valence electrons. The van der Waals surface area contributed by atoms with Gasteiger partial charge in [-0.1, -0.05) is 5.16 Å². The molecule has 9 heteroatoms. The van der Waals surface area contributed by atoms with Crippen molar-refractivity contribution in [3.8, 4) is 0 Å². The van der Waals surface area contributed by atoms with Gasteiger partial charge < -0.3 is 18.7 Å². The minimum absolute atomic E-state index is 0.408. The van der Waals surface area contributed by atoms with Crippen LogP contribution in [0.15, 0.2) is 16.8 Å². The van der Waals surface area contributed by atoms with Crippen LogP contribution in [-0.4, -0.2) is 53.3 Å². The average molecular weight is 317 g/mol. The molecule has 0 heterocycles. The van der Waals surface area contributed by atoms with E-state index in [9.17, 15) is 14.4 Å². The number of carbonyl (C=O) groups excluding carboxylic acids is 3. The van der Waals surface area contributed by atoms with Crippen LogP contribution in [0.25, 0.3) is 0 Å². The zero-order valence-electron chi connectivity index (χ0n) is 12.9. The maximum absolute atomic E-state index is 11.7. The molecule has 0 aliphatic heterocycles. The summed E-state index contributed by atoms with van der Waals surface area (Å²) in [5, 5.41) is 3.65. The van der Waals surface area contributed by atoms with Gasteiger partial charge in [0.05, 0.1) is 21.3 Å². The lowest BCUT2D eigenvalue weighted by molar-refractivity contribution is -0.138. The van der Waals surface area contributed by atoms with E-state index in [4.69, 9.17) is 4.53 Å². The first kappa shape index (κ1) is 18.8. The van der Waals surface area contributed by atoms with Gasteiger partial charge in [0.2, 0.25) is 5.71 Å². The Labute approximate surface area is 123 Å². The molecule has 8 nitrogen and oxygen atoms in total. The van der Waals surface area contributed by atoms with Crippen LogP contribution in [0.1, 0.15) is 0 Å². The van der Waals surface area contributed by atoms with E-state index in [1.807, 2.05) is 19.6 Å². The van der Waals surface area contributed by atoms with Crippen LogP contribution in [-0.2, 0) is 33.1 Å². The quantitative estimate of drug-likeness (QED) is 0.177. The molecule has 0 atom stereocenters. The maximum Gasteiger partial charge on any atom is 0.360 e. The molecule has 21 heavy (non-hydrogen) atoms. The zero-order chi connectivity index (χ0) is 16.6. The summed E-state index contributed by atoms with van der Waals surface area (Å²) in [5.74, 6) is -2.72. The first-order valence-electron chi connectivity index (χ1n) is 5.89. The van der Waals surface area contributed by atoms with E-state index in [0.29, 0.717) is 0 Å². The number of rotatable bonds is 6. The largest absolute Gasteiger partial charge is 0.466 e. The Morgan fingerprint density at radius 3 is 1.81 bits per heavy atom. The lowest BCUT2D eigenvalue weighted by atomic mass is 10.1. The van der Waals surface area contributed by atoms with Crippen molar-refractivity contribution in [3.05, 3.63) is 11.6 Å². The van der Waals surface area contributed by atoms with Crippen molar-refractivity contribution >= 4 is 31.9 Å². The maximum atomic E-state index is 11.7. The van der Waals surface area contributed by atoms with Crippen molar-refractivity contribution in [2.75, 3.05) is 21.3 Å². The predicted octanol–water partition coefficient (Wildman–Crippen LogP) is 0.639. The lowest BCUT2D eigenvalue weighted by Crippen LogP contribution is -2.29. The molecule has 0 aromatic rings. The Hall–Kier alpha value is -2.16. The van der Waals surface area contributed by atoms with Gasteiger partial charge in [0.1, 0.15) is 5.57 Å². The van der Waals surface area contributed by atoms with Crippen molar-refractivity contribution in [1.82, 2.24) is 0 Å². The first-order chi connectivity index (χ1) is 9.66. The van der Waals surface area contributed by atoms with E-state index < -0.39 is 37.5 Å². The smallest absolute Gasteiger partial charge is 0.360 e. The molecule has 0 N–H and O–H groups in total. The highest BCUT2D eigenvalue weighted by atomic mass is 28.4. The van der Waals surface area contributed by atoms with Crippen LogP contribution in [0.4, 0.5) is 0 Å². The summed E-state index contributed by atoms with van der Waals surface area (Å²) in [6.07, 6.45) is 0.787. The summed E-state index contributed by atoms with van der Waals surface area (Å²) in [6, 6.07) is 0. The van der Waals surface area contributed by atoms with Crippen LogP contribution in [0, 0.1) is 0 Å². The van der Waals surface area contributed by atoms with E-state index in [-0.39, 0.29) is 0 Å². The highest BCUT2D eigenvalue weighted by Gasteiger charge is 2.28. The third kappa shape index (κ3) is 6.70. The summed E-state index contributed by atoms with van der Waals surface area (Å²) in [5.41, 5.74) is -0.869. The van der Waals surface area contributed by atoms with E-state index in [1.165, 1.54) is 0 Å². The van der Waals surface area contributed by atoms with Crippen LogP contribution in [0.3, 0.4) is 0 Å².